The number of halogens is 1. The van der Waals surface area contributed by atoms with Crippen LogP contribution in [0.15, 0.2) is 18.2 Å². The van der Waals surface area contributed by atoms with Gasteiger partial charge in [0.15, 0.2) is 0 Å². The van der Waals surface area contributed by atoms with Crippen molar-refractivity contribution in [2.45, 2.75) is 32.2 Å². The summed E-state index contributed by atoms with van der Waals surface area (Å²) >= 11 is 0. The highest BCUT2D eigenvalue weighted by Crippen LogP contribution is 2.16. The van der Waals surface area contributed by atoms with Crippen LogP contribution in [0, 0.1) is 5.82 Å². The number of aryl methyl sites for hydroxylation is 1. The lowest BCUT2D eigenvalue weighted by atomic mass is 10.1. The smallest absolute Gasteiger partial charge is 0.241 e. The molecule has 17 heavy (non-hydrogen) atoms. The van der Waals surface area contributed by atoms with Gasteiger partial charge in [0.2, 0.25) is 5.91 Å². The first-order chi connectivity index (χ1) is 8.20. The zero-order valence-corrected chi connectivity index (χ0v) is 9.92. The standard InChI is InChI=1S/C13H17FN2O/c1-2-9-5-6-10(8-11(9)14)16-13(17)12-4-3-7-15-12/h5-6,8,12,15H,2-4,7H2,1H3,(H,16,17)/t12-/m1/s1. The van der Waals surface area contributed by atoms with Crippen molar-refractivity contribution in [1.29, 1.82) is 0 Å². The van der Waals surface area contributed by atoms with Crippen LogP contribution in [-0.4, -0.2) is 18.5 Å². The molecule has 0 saturated carbocycles. The summed E-state index contributed by atoms with van der Waals surface area (Å²) in [6.45, 7) is 2.78. The number of benzene rings is 1. The maximum Gasteiger partial charge on any atom is 0.241 e. The number of nitrogens with one attached hydrogen (secondary N) is 2. The molecular formula is C13H17FN2O. The van der Waals surface area contributed by atoms with E-state index in [1.165, 1.54) is 6.07 Å². The second-order valence-electron chi connectivity index (χ2n) is 4.30. The molecule has 0 unspecified atom stereocenters. The summed E-state index contributed by atoms with van der Waals surface area (Å²) in [5.41, 5.74) is 1.19. The minimum Gasteiger partial charge on any atom is -0.325 e. The zero-order valence-electron chi connectivity index (χ0n) is 9.92. The van der Waals surface area contributed by atoms with E-state index in [4.69, 9.17) is 0 Å². The van der Waals surface area contributed by atoms with Crippen molar-refractivity contribution < 1.29 is 9.18 Å². The Kier molecular flexibility index (Phi) is 3.74. The molecule has 1 atom stereocenters. The summed E-state index contributed by atoms with van der Waals surface area (Å²) in [5.74, 6) is -0.337. The van der Waals surface area contributed by atoms with Gasteiger partial charge in [-0.05, 0) is 43.5 Å². The predicted octanol–water partition coefficient (Wildman–Crippen LogP) is 2.08. The van der Waals surface area contributed by atoms with Gasteiger partial charge in [-0.15, -0.1) is 0 Å². The van der Waals surface area contributed by atoms with E-state index in [-0.39, 0.29) is 17.8 Å². The summed E-state index contributed by atoms with van der Waals surface area (Å²) in [6, 6.07) is 4.71. The van der Waals surface area contributed by atoms with Gasteiger partial charge in [0.05, 0.1) is 6.04 Å². The van der Waals surface area contributed by atoms with Crippen molar-refractivity contribution in [3.63, 3.8) is 0 Å². The average molecular weight is 236 g/mol. The third-order valence-electron chi connectivity index (χ3n) is 3.08. The van der Waals surface area contributed by atoms with Crippen LogP contribution in [0.2, 0.25) is 0 Å². The fourth-order valence-electron chi connectivity index (χ4n) is 2.05. The number of anilines is 1. The normalized spacial score (nSPS) is 19.3. The summed E-state index contributed by atoms with van der Waals surface area (Å²) in [6.07, 6.45) is 2.52. The number of rotatable bonds is 3. The van der Waals surface area contributed by atoms with E-state index < -0.39 is 0 Å². The lowest BCUT2D eigenvalue weighted by Gasteiger charge is -2.11. The molecule has 0 radical (unpaired) electrons. The predicted molar refractivity (Wildman–Crippen MR) is 65.4 cm³/mol. The lowest BCUT2D eigenvalue weighted by molar-refractivity contribution is -0.117. The minimum absolute atomic E-state index is 0.0776. The van der Waals surface area contributed by atoms with Gasteiger partial charge in [0.25, 0.3) is 0 Å². The molecule has 1 aromatic rings. The first-order valence-electron chi connectivity index (χ1n) is 6.03. The largest absolute Gasteiger partial charge is 0.325 e. The molecule has 1 aliphatic rings. The fraction of sp³-hybridized carbons (Fsp3) is 0.462. The Balaban J connectivity index is 2.03. The van der Waals surface area contributed by atoms with E-state index in [9.17, 15) is 9.18 Å². The van der Waals surface area contributed by atoms with Gasteiger partial charge in [0, 0.05) is 5.69 Å². The Morgan fingerprint density at radius 1 is 1.59 bits per heavy atom. The van der Waals surface area contributed by atoms with Crippen LogP contribution in [-0.2, 0) is 11.2 Å². The van der Waals surface area contributed by atoms with Crippen LogP contribution in [0.4, 0.5) is 10.1 Å². The summed E-state index contributed by atoms with van der Waals surface area (Å²) < 4.78 is 13.5. The molecule has 0 aliphatic carbocycles. The molecule has 1 aliphatic heterocycles. The van der Waals surface area contributed by atoms with Crippen molar-refractivity contribution >= 4 is 11.6 Å². The van der Waals surface area contributed by atoms with Gasteiger partial charge in [-0.25, -0.2) is 4.39 Å². The molecule has 92 valence electrons. The van der Waals surface area contributed by atoms with Crippen LogP contribution in [0.25, 0.3) is 0 Å². The molecule has 4 heteroatoms. The number of amides is 1. The molecule has 1 amide bonds. The Morgan fingerprint density at radius 2 is 2.41 bits per heavy atom. The molecule has 0 aromatic heterocycles. The molecule has 1 aromatic carbocycles. The van der Waals surface area contributed by atoms with Crippen LogP contribution >= 0.6 is 0 Å². The number of hydrogen-bond donors (Lipinski definition) is 2. The summed E-state index contributed by atoms with van der Waals surface area (Å²) in [4.78, 5) is 11.8. The van der Waals surface area contributed by atoms with Crippen LogP contribution in [0.3, 0.4) is 0 Å². The van der Waals surface area contributed by atoms with Crippen LogP contribution in [0.1, 0.15) is 25.3 Å². The van der Waals surface area contributed by atoms with Gasteiger partial charge in [0.1, 0.15) is 5.82 Å². The highest BCUT2D eigenvalue weighted by atomic mass is 19.1. The van der Waals surface area contributed by atoms with E-state index >= 15 is 0 Å². The lowest BCUT2D eigenvalue weighted by Crippen LogP contribution is -2.35. The van der Waals surface area contributed by atoms with Crippen molar-refractivity contribution in [1.82, 2.24) is 5.32 Å². The topological polar surface area (TPSA) is 41.1 Å². The van der Waals surface area contributed by atoms with Gasteiger partial charge in [-0.3, -0.25) is 4.79 Å². The molecule has 0 bridgehead atoms. The van der Waals surface area contributed by atoms with Gasteiger partial charge in [-0.2, -0.15) is 0 Å². The molecule has 1 fully saturated rings. The Bertz CT molecular complexity index is 414. The molecular weight excluding hydrogens is 219 g/mol. The first kappa shape index (κ1) is 12.0. The Labute approximate surface area is 100 Å². The monoisotopic (exact) mass is 236 g/mol. The van der Waals surface area contributed by atoms with Crippen LogP contribution < -0.4 is 10.6 Å². The second-order valence-corrected chi connectivity index (χ2v) is 4.30. The number of carbonyl (C=O) groups excluding carboxylic acids is 1. The Morgan fingerprint density at radius 3 is 3.00 bits per heavy atom. The molecule has 2 rings (SSSR count). The quantitative estimate of drug-likeness (QED) is 0.843. The van der Waals surface area contributed by atoms with Crippen molar-refractivity contribution in [2.75, 3.05) is 11.9 Å². The highest BCUT2D eigenvalue weighted by Gasteiger charge is 2.21. The highest BCUT2D eigenvalue weighted by molar-refractivity contribution is 5.95. The van der Waals surface area contributed by atoms with Crippen molar-refractivity contribution in [3.05, 3.63) is 29.6 Å². The van der Waals surface area contributed by atoms with Gasteiger partial charge >= 0.3 is 0 Å². The minimum atomic E-state index is -0.260. The number of carbonyl (C=O) groups is 1. The van der Waals surface area contributed by atoms with Crippen molar-refractivity contribution in [3.8, 4) is 0 Å². The summed E-state index contributed by atoms with van der Waals surface area (Å²) in [5, 5.41) is 5.84. The van der Waals surface area contributed by atoms with Crippen molar-refractivity contribution in [2.24, 2.45) is 0 Å². The van der Waals surface area contributed by atoms with E-state index in [1.807, 2.05) is 6.92 Å². The van der Waals surface area contributed by atoms with Crippen LogP contribution in [0.5, 0.6) is 0 Å². The van der Waals surface area contributed by atoms with E-state index in [1.54, 1.807) is 12.1 Å². The maximum absolute atomic E-state index is 13.5. The average Bonchev–Trinajstić information content (AvgIpc) is 2.82. The second kappa shape index (κ2) is 5.27. The first-order valence-corrected chi connectivity index (χ1v) is 6.03. The molecule has 2 N–H and O–H groups in total. The SMILES string of the molecule is CCc1ccc(NC(=O)[C@H]2CCCN2)cc1F. The third-order valence-corrected chi connectivity index (χ3v) is 3.08. The number of hydrogen-bond acceptors (Lipinski definition) is 2. The summed E-state index contributed by atoms with van der Waals surface area (Å²) in [7, 11) is 0. The molecule has 0 spiro atoms. The fourth-order valence-corrected chi connectivity index (χ4v) is 2.05. The van der Waals surface area contributed by atoms with E-state index in [0.29, 0.717) is 17.7 Å². The van der Waals surface area contributed by atoms with E-state index in [2.05, 4.69) is 10.6 Å². The third kappa shape index (κ3) is 2.82. The molecule has 3 nitrogen and oxygen atoms in total. The molecule has 1 heterocycles. The zero-order chi connectivity index (χ0) is 12.3. The van der Waals surface area contributed by atoms with Gasteiger partial charge in [-0.1, -0.05) is 13.0 Å². The van der Waals surface area contributed by atoms with Gasteiger partial charge < -0.3 is 10.6 Å². The maximum atomic E-state index is 13.5. The Hall–Kier alpha value is -1.42. The van der Waals surface area contributed by atoms with E-state index in [0.717, 1.165) is 19.4 Å². The molecule has 1 saturated heterocycles.